The summed E-state index contributed by atoms with van der Waals surface area (Å²) in [6.45, 7) is 1.83. The number of aliphatic hydroxyl groups is 2. The molecule has 0 unspecified atom stereocenters. The number of hydrogen-bond acceptors (Lipinski definition) is 4. The summed E-state index contributed by atoms with van der Waals surface area (Å²) < 4.78 is 13.1. The van der Waals surface area contributed by atoms with E-state index in [9.17, 15) is 14.6 Å². The molecule has 0 saturated carbocycles. The molecule has 0 aliphatic carbocycles. The van der Waals surface area contributed by atoms with Gasteiger partial charge in [0.1, 0.15) is 11.9 Å². The van der Waals surface area contributed by atoms with Gasteiger partial charge in [-0.15, -0.1) is 0 Å². The molecule has 98 valence electrons. The van der Waals surface area contributed by atoms with Crippen LogP contribution in [0.15, 0.2) is 18.2 Å². The van der Waals surface area contributed by atoms with Crippen LogP contribution in [0.2, 0.25) is 0 Å². The minimum absolute atomic E-state index is 0.00982. The van der Waals surface area contributed by atoms with Gasteiger partial charge >= 0.3 is 0 Å². The molecule has 1 rings (SSSR count). The third-order valence-corrected chi connectivity index (χ3v) is 3.10. The minimum Gasteiger partial charge on any atom is -0.394 e. The molecule has 0 fully saturated rings. The summed E-state index contributed by atoms with van der Waals surface area (Å²) >= 11 is 0. The van der Waals surface area contributed by atoms with Gasteiger partial charge in [-0.05, 0) is 24.1 Å². The predicted octanol–water partition coefficient (Wildman–Crippen LogP) is 0.920. The summed E-state index contributed by atoms with van der Waals surface area (Å²) in [5.41, 5.74) is -0.0293. The molecule has 0 heterocycles. The van der Waals surface area contributed by atoms with E-state index in [0.717, 1.165) is 5.56 Å². The third-order valence-electron chi connectivity index (χ3n) is 3.10. The number of nitrogens with zero attached hydrogens (tertiary/aromatic N) is 1. The highest BCUT2D eigenvalue weighted by Gasteiger charge is 2.25. The van der Waals surface area contributed by atoms with Crippen molar-refractivity contribution in [2.75, 3.05) is 13.2 Å². The summed E-state index contributed by atoms with van der Waals surface area (Å²) in [5, 5.41) is 30.3. The van der Waals surface area contributed by atoms with Crippen LogP contribution in [0.3, 0.4) is 0 Å². The smallest absolute Gasteiger partial charge is 0.140 e. The van der Waals surface area contributed by atoms with E-state index in [1.54, 1.807) is 12.1 Å². The van der Waals surface area contributed by atoms with Gasteiger partial charge in [0.2, 0.25) is 0 Å². The van der Waals surface area contributed by atoms with E-state index in [2.05, 4.69) is 5.32 Å². The summed E-state index contributed by atoms with van der Waals surface area (Å²) in [6, 6.07) is 6.03. The number of halogens is 1. The lowest BCUT2D eigenvalue weighted by Gasteiger charge is -2.29. The van der Waals surface area contributed by atoms with Crippen molar-refractivity contribution >= 4 is 0 Å². The molecule has 0 atom stereocenters. The van der Waals surface area contributed by atoms with Gasteiger partial charge in [0.15, 0.2) is 0 Å². The summed E-state index contributed by atoms with van der Waals surface area (Å²) in [4.78, 5) is 0. The van der Waals surface area contributed by atoms with E-state index >= 15 is 0 Å². The fourth-order valence-electron chi connectivity index (χ4n) is 1.57. The number of rotatable bonds is 6. The molecule has 3 N–H and O–H groups in total. The Morgan fingerprint density at radius 3 is 2.56 bits per heavy atom. The van der Waals surface area contributed by atoms with E-state index in [-0.39, 0.29) is 18.8 Å². The van der Waals surface area contributed by atoms with Gasteiger partial charge in [-0.1, -0.05) is 13.0 Å². The Kier molecular flexibility index (Phi) is 5.23. The molecular weight excluding hydrogens is 235 g/mol. The zero-order chi connectivity index (χ0) is 13.6. The number of benzene rings is 1. The number of hydrogen-bond donors (Lipinski definition) is 3. The second-order valence-corrected chi connectivity index (χ2v) is 4.23. The summed E-state index contributed by atoms with van der Waals surface area (Å²) in [5.74, 6) is -0.549. The Bertz CT molecular complexity index is 431. The van der Waals surface area contributed by atoms with Crippen LogP contribution < -0.4 is 5.32 Å². The van der Waals surface area contributed by atoms with Crippen molar-refractivity contribution in [1.82, 2.24) is 5.32 Å². The first-order valence-corrected chi connectivity index (χ1v) is 5.76. The van der Waals surface area contributed by atoms with Crippen molar-refractivity contribution in [3.63, 3.8) is 0 Å². The first-order chi connectivity index (χ1) is 8.60. The lowest BCUT2D eigenvalue weighted by Crippen LogP contribution is -2.50. The SMILES string of the molecule is CCC(CO)(CO)NCc1ccc(F)c(C#N)c1. The van der Waals surface area contributed by atoms with Gasteiger partial charge in [-0.25, -0.2) is 4.39 Å². The standard InChI is InChI=1S/C13H17FN2O2/c1-2-13(8-17,9-18)16-7-10-3-4-12(14)11(5-10)6-15/h3-5,16-18H,2,7-9H2,1H3. The van der Waals surface area contributed by atoms with Crippen LogP contribution in [-0.4, -0.2) is 29.0 Å². The van der Waals surface area contributed by atoms with Gasteiger partial charge in [0.25, 0.3) is 0 Å². The van der Waals surface area contributed by atoms with Crippen molar-refractivity contribution < 1.29 is 14.6 Å². The second kappa shape index (κ2) is 6.45. The van der Waals surface area contributed by atoms with Crippen LogP contribution in [0, 0.1) is 17.1 Å². The highest BCUT2D eigenvalue weighted by atomic mass is 19.1. The van der Waals surface area contributed by atoms with Crippen molar-refractivity contribution in [2.24, 2.45) is 0 Å². The molecule has 0 bridgehead atoms. The topological polar surface area (TPSA) is 76.3 Å². The maximum Gasteiger partial charge on any atom is 0.140 e. The molecule has 0 radical (unpaired) electrons. The molecule has 1 aromatic carbocycles. The number of aliphatic hydroxyl groups excluding tert-OH is 2. The van der Waals surface area contributed by atoms with Crippen LogP contribution in [0.5, 0.6) is 0 Å². The summed E-state index contributed by atoms with van der Waals surface area (Å²) in [6.07, 6.45) is 0.562. The van der Waals surface area contributed by atoms with Crippen molar-refractivity contribution in [3.05, 3.63) is 35.1 Å². The largest absolute Gasteiger partial charge is 0.394 e. The molecule has 1 aromatic rings. The zero-order valence-corrected chi connectivity index (χ0v) is 10.3. The molecule has 0 saturated heterocycles. The van der Waals surface area contributed by atoms with Crippen LogP contribution in [0.1, 0.15) is 24.5 Å². The number of nitriles is 1. The molecule has 0 aliphatic rings. The predicted molar refractivity (Wildman–Crippen MR) is 65.1 cm³/mol. The number of nitrogens with one attached hydrogen (secondary N) is 1. The quantitative estimate of drug-likeness (QED) is 0.703. The molecule has 5 heteroatoms. The highest BCUT2D eigenvalue weighted by Crippen LogP contribution is 2.13. The van der Waals surface area contributed by atoms with Crippen LogP contribution >= 0.6 is 0 Å². The van der Waals surface area contributed by atoms with E-state index in [0.29, 0.717) is 13.0 Å². The summed E-state index contributed by atoms with van der Waals surface area (Å²) in [7, 11) is 0. The fourth-order valence-corrected chi connectivity index (χ4v) is 1.57. The maximum absolute atomic E-state index is 13.1. The first kappa shape index (κ1) is 14.6. The Balaban J connectivity index is 2.77. The zero-order valence-electron chi connectivity index (χ0n) is 10.3. The molecule has 18 heavy (non-hydrogen) atoms. The molecule has 0 aliphatic heterocycles. The lowest BCUT2D eigenvalue weighted by atomic mass is 9.98. The Morgan fingerprint density at radius 1 is 1.39 bits per heavy atom. The average molecular weight is 252 g/mol. The lowest BCUT2D eigenvalue weighted by molar-refractivity contribution is 0.0864. The maximum atomic E-state index is 13.1. The van der Waals surface area contributed by atoms with Crippen LogP contribution in [0.25, 0.3) is 0 Å². The molecule has 4 nitrogen and oxygen atoms in total. The normalized spacial score (nSPS) is 11.3. The minimum atomic E-state index is -0.749. The average Bonchev–Trinajstić information content (AvgIpc) is 2.42. The highest BCUT2D eigenvalue weighted by molar-refractivity contribution is 5.34. The molecule has 0 spiro atoms. The monoisotopic (exact) mass is 252 g/mol. The first-order valence-electron chi connectivity index (χ1n) is 5.76. The van der Waals surface area contributed by atoms with E-state index in [1.807, 2.05) is 6.92 Å². The van der Waals surface area contributed by atoms with E-state index in [4.69, 9.17) is 5.26 Å². The second-order valence-electron chi connectivity index (χ2n) is 4.23. The van der Waals surface area contributed by atoms with Gasteiger partial charge < -0.3 is 15.5 Å². The van der Waals surface area contributed by atoms with Gasteiger partial charge in [-0.2, -0.15) is 5.26 Å². The fraction of sp³-hybridized carbons (Fsp3) is 0.462. The van der Waals surface area contributed by atoms with Crippen molar-refractivity contribution in [3.8, 4) is 6.07 Å². The Morgan fingerprint density at radius 2 is 2.06 bits per heavy atom. The molecule has 0 amide bonds. The Labute approximate surface area is 106 Å². The molecular formula is C13H17FN2O2. The van der Waals surface area contributed by atoms with Gasteiger partial charge in [0, 0.05) is 6.54 Å². The van der Waals surface area contributed by atoms with Crippen LogP contribution in [0.4, 0.5) is 4.39 Å². The van der Waals surface area contributed by atoms with Crippen molar-refractivity contribution in [1.29, 1.82) is 5.26 Å². The van der Waals surface area contributed by atoms with Gasteiger partial charge in [-0.3, -0.25) is 0 Å². The Hall–Kier alpha value is -1.48. The van der Waals surface area contributed by atoms with Crippen LogP contribution in [-0.2, 0) is 6.54 Å². The molecule has 0 aromatic heterocycles. The van der Waals surface area contributed by atoms with Gasteiger partial charge in [0.05, 0.1) is 24.3 Å². The third kappa shape index (κ3) is 3.26. The van der Waals surface area contributed by atoms with Crippen molar-refractivity contribution in [2.45, 2.75) is 25.4 Å². The van der Waals surface area contributed by atoms with E-state index < -0.39 is 11.4 Å². The van der Waals surface area contributed by atoms with E-state index in [1.165, 1.54) is 12.1 Å².